The van der Waals surface area contributed by atoms with Gasteiger partial charge in [-0.2, -0.15) is 0 Å². The van der Waals surface area contributed by atoms with Crippen molar-refractivity contribution in [2.75, 3.05) is 0 Å². The zero-order chi connectivity index (χ0) is 13.8. The first-order valence-corrected chi connectivity index (χ1v) is 6.83. The van der Waals surface area contributed by atoms with Crippen molar-refractivity contribution in [3.8, 4) is 0 Å². The van der Waals surface area contributed by atoms with E-state index >= 15 is 0 Å². The van der Waals surface area contributed by atoms with E-state index in [2.05, 4.69) is 10.3 Å². The summed E-state index contributed by atoms with van der Waals surface area (Å²) in [6.07, 6.45) is 0. The molecule has 1 atom stereocenters. The lowest BCUT2D eigenvalue weighted by molar-refractivity contribution is -0.385. The lowest BCUT2D eigenvalue weighted by atomic mass is 10.1. The molecule has 0 aliphatic rings. The first kappa shape index (κ1) is 13.6. The van der Waals surface area contributed by atoms with Gasteiger partial charge in [-0.1, -0.05) is 18.2 Å². The average Bonchev–Trinajstić information content (AvgIpc) is 2.81. The summed E-state index contributed by atoms with van der Waals surface area (Å²) in [6.45, 7) is 4.56. The Balaban J connectivity index is 2.10. The highest BCUT2D eigenvalue weighted by Gasteiger charge is 2.17. The molecular weight excluding hydrogens is 262 g/mol. The minimum atomic E-state index is -0.342. The highest BCUT2D eigenvalue weighted by molar-refractivity contribution is 7.09. The van der Waals surface area contributed by atoms with Crippen molar-refractivity contribution in [2.45, 2.75) is 26.4 Å². The molecule has 0 saturated heterocycles. The molecule has 2 aromatic rings. The minimum absolute atomic E-state index is 0.0805. The van der Waals surface area contributed by atoms with Crippen LogP contribution in [-0.2, 0) is 6.54 Å². The van der Waals surface area contributed by atoms with Gasteiger partial charge in [0, 0.05) is 29.1 Å². The number of nitrogens with one attached hydrogen (secondary N) is 1. The minimum Gasteiger partial charge on any atom is -0.305 e. The van der Waals surface area contributed by atoms with Crippen LogP contribution in [0.4, 0.5) is 5.69 Å². The number of rotatable bonds is 5. The zero-order valence-electron chi connectivity index (χ0n) is 10.8. The molecule has 0 fully saturated rings. The molecule has 2 rings (SSSR count). The number of hydrogen-bond donors (Lipinski definition) is 1. The van der Waals surface area contributed by atoms with E-state index in [9.17, 15) is 10.1 Å². The lowest BCUT2D eigenvalue weighted by Gasteiger charge is -2.13. The molecule has 0 amide bonds. The molecule has 100 valence electrons. The molecular formula is C13H15N3O2S. The molecule has 1 unspecified atom stereocenters. The number of hydrogen-bond acceptors (Lipinski definition) is 5. The van der Waals surface area contributed by atoms with E-state index in [1.54, 1.807) is 23.5 Å². The van der Waals surface area contributed by atoms with E-state index in [4.69, 9.17) is 0 Å². The molecule has 0 spiro atoms. The Labute approximate surface area is 115 Å². The van der Waals surface area contributed by atoms with Crippen molar-refractivity contribution in [3.63, 3.8) is 0 Å². The largest absolute Gasteiger partial charge is 0.305 e. The Morgan fingerprint density at radius 1 is 1.47 bits per heavy atom. The first-order chi connectivity index (χ1) is 9.09. The van der Waals surface area contributed by atoms with Gasteiger partial charge in [-0.05, 0) is 13.8 Å². The van der Waals surface area contributed by atoms with Gasteiger partial charge >= 0.3 is 0 Å². The van der Waals surface area contributed by atoms with Crippen molar-refractivity contribution in [3.05, 3.63) is 56.0 Å². The Bertz CT molecular complexity index is 583. The molecule has 19 heavy (non-hydrogen) atoms. The average molecular weight is 277 g/mol. The topological polar surface area (TPSA) is 68.1 Å². The van der Waals surface area contributed by atoms with Crippen LogP contribution in [0.25, 0.3) is 0 Å². The van der Waals surface area contributed by atoms with Crippen LogP contribution in [0, 0.1) is 17.0 Å². The Morgan fingerprint density at radius 2 is 2.21 bits per heavy atom. The maximum atomic E-state index is 11.0. The summed E-state index contributed by atoms with van der Waals surface area (Å²) in [5.41, 5.74) is 3.67. The second-order valence-corrected chi connectivity index (χ2v) is 5.22. The van der Waals surface area contributed by atoms with Crippen molar-refractivity contribution < 1.29 is 4.92 Å². The predicted octanol–water partition coefficient (Wildman–Crippen LogP) is 3.21. The van der Waals surface area contributed by atoms with Crippen LogP contribution < -0.4 is 5.32 Å². The van der Waals surface area contributed by atoms with Crippen LogP contribution in [-0.4, -0.2) is 9.91 Å². The third kappa shape index (κ3) is 3.15. The molecule has 5 nitrogen and oxygen atoms in total. The van der Waals surface area contributed by atoms with Gasteiger partial charge in [-0.15, -0.1) is 11.3 Å². The molecule has 0 aliphatic carbocycles. The zero-order valence-corrected chi connectivity index (χ0v) is 11.6. The summed E-state index contributed by atoms with van der Waals surface area (Å²) in [7, 11) is 0. The van der Waals surface area contributed by atoms with E-state index in [-0.39, 0.29) is 16.7 Å². The number of thiazole rings is 1. The van der Waals surface area contributed by atoms with Crippen LogP contribution in [0.2, 0.25) is 0 Å². The fourth-order valence-corrected chi connectivity index (χ4v) is 2.60. The number of aryl methyl sites for hydroxylation is 1. The molecule has 1 N–H and O–H groups in total. The summed E-state index contributed by atoms with van der Waals surface area (Å²) in [4.78, 5) is 16.0. The van der Waals surface area contributed by atoms with Crippen molar-refractivity contribution >= 4 is 17.0 Å². The van der Waals surface area contributed by atoms with E-state index in [1.807, 2.05) is 25.4 Å². The normalized spacial score (nSPS) is 12.3. The smallest absolute Gasteiger partial charge is 0.274 e. The lowest BCUT2D eigenvalue weighted by Crippen LogP contribution is -2.19. The second-order valence-electron chi connectivity index (χ2n) is 4.28. The number of nitrogens with zero attached hydrogens (tertiary/aromatic N) is 2. The summed E-state index contributed by atoms with van der Waals surface area (Å²) in [5, 5.41) is 14.3. The molecule has 0 bridgehead atoms. The predicted molar refractivity (Wildman–Crippen MR) is 75.2 cm³/mol. The van der Waals surface area contributed by atoms with Gasteiger partial charge in [0.2, 0.25) is 0 Å². The fraction of sp³-hybridized carbons (Fsp3) is 0.308. The van der Waals surface area contributed by atoms with E-state index < -0.39 is 0 Å². The van der Waals surface area contributed by atoms with E-state index in [0.29, 0.717) is 12.1 Å². The van der Waals surface area contributed by atoms with Crippen LogP contribution in [0.15, 0.2) is 29.8 Å². The van der Waals surface area contributed by atoms with Gasteiger partial charge in [-0.3, -0.25) is 10.1 Å². The van der Waals surface area contributed by atoms with Crippen LogP contribution in [0.1, 0.15) is 29.1 Å². The number of benzene rings is 1. The SMILES string of the molecule is Cc1ncsc1CNC(C)c1ccccc1[N+](=O)[O-]. The monoisotopic (exact) mass is 277 g/mol. The van der Waals surface area contributed by atoms with Crippen molar-refractivity contribution in [2.24, 2.45) is 0 Å². The molecule has 0 aliphatic heterocycles. The first-order valence-electron chi connectivity index (χ1n) is 5.95. The highest BCUT2D eigenvalue weighted by atomic mass is 32.1. The maximum Gasteiger partial charge on any atom is 0.274 e. The number of nitro benzene ring substituents is 1. The number of para-hydroxylation sites is 1. The van der Waals surface area contributed by atoms with Crippen LogP contribution >= 0.6 is 11.3 Å². The summed E-state index contributed by atoms with van der Waals surface area (Å²) < 4.78 is 0. The van der Waals surface area contributed by atoms with Gasteiger partial charge in [0.25, 0.3) is 5.69 Å². The Kier molecular flexibility index (Phi) is 4.24. The van der Waals surface area contributed by atoms with Gasteiger partial charge in [0.15, 0.2) is 0 Å². The molecule has 1 aromatic heterocycles. The third-order valence-electron chi connectivity index (χ3n) is 3.01. The van der Waals surface area contributed by atoms with Gasteiger partial charge < -0.3 is 5.32 Å². The van der Waals surface area contributed by atoms with Gasteiger partial charge in [0.1, 0.15) is 0 Å². The molecule has 1 heterocycles. The molecule has 6 heteroatoms. The van der Waals surface area contributed by atoms with Crippen LogP contribution in [0.5, 0.6) is 0 Å². The maximum absolute atomic E-state index is 11.0. The quantitative estimate of drug-likeness (QED) is 0.673. The third-order valence-corrected chi connectivity index (χ3v) is 3.95. The summed E-state index contributed by atoms with van der Waals surface area (Å²) in [5.74, 6) is 0. The molecule has 0 saturated carbocycles. The molecule has 0 radical (unpaired) electrons. The fourth-order valence-electron chi connectivity index (χ4n) is 1.87. The summed E-state index contributed by atoms with van der Waals surface area (Å²) in [6, 6.07) is 6.74. The van der Waals surface area contributed by atoms with E-state index in [1.165, 1.54) is 6.07 Å². The number of nitro groups is 1. The summed E-state index contributed by atoms with van der Waals surface area (Å²) >= 11 is 1.59. The standard InChI is InChI=1S/C13H15N3O2S/c1-9(14-7-13-10(2)15-8-19-13)11-5-3-4-6-12(11)16(17)18/h3-6,8-9,14H,7H2,1-2H3. The number of aromatic nitrogens is 1. The van der Waals surface area contributed by atoms with Gasteiger partial charge in [0.05, 0.1) is 16.1 Å². The molecule has 1 aromatic carbocycles. The highest BCUT2D eigenvalue weighted by Crippen LogP contribution is 2.25. The second kappa shape index (κ2) is 5.90. The van der Waals surface area contributed by atoms with Crippen molar-refractivity contribution in [1.29, 1.82) is 0 Å². The van der Waals surface area contributed by atoms with E-state index in [0.717, 1.165) is 10.6 Å². The van der Waals surface area contributed by atoms with Crippen molar-refractivity contribution in [1.82, 2.24) is 10.3 Å². The Hall–Kier alpha value is -1.79. The Morgan fingerprint density at radius 3 is 2.84 bits per heavy atom. The van der Waals surface area contributed by atoms with Crippen LogP contribution in [0.3, 0.4) is 0 Å². The van der Waals surface area contributed by atoms with Gasteiger partial charge in [-0.25, -0.2) is 4.98 Å².